The van der Waals surface area contributed by atoms with Crippen LogP contribution < -0.4 is 0 Å². The molecular formula is C13H21NO2S2. The monoisotopic (exact) mass is 287 g/mol. The molecule has 1 aliphatic rings. The van der Waals surface area contributed by atoms with Crippen LogP contribution in [0.4, 0.5) is 0 Å². The molecular weight excluding hydrogens is 266 g/mol. The van der Waals surface area contributed by atoms with Crippen LogP contribution in [0.1, 0.15) is 25.1 Å². The van der Waals surface area contributed by atoms with Crippen molar-refractivity contribution < 1.29 is 8.95 Å². The predicted octanol–water partition coefficient (Wildman–Crippen LogP) is 2.69. The molecule has 5 heteroatoms. The number of morpholine rings is 1. The van der Waals surface area contributed by atoms with Gasteiger partial charge in [-0.05, 0) is 30.9 Å². The van der Waals surface area contributed by atoms with E-state index in [0.717, 1.165) is 29.6 Å². The van der Waals surface area contributed by atoms with E-state index >= 15 is 0 Å². The summed E-state index contributed by atoms with van der Waals surface area (Å²) in [4.78, 5) is 1.35. The van der Waals surface area contributed by atoms with Gasteiger partial charge in [-0.2, -0.15) is 0 Å². The highest BCUT2D eigenvalue weighted by atomic mass is 32.2. The van der Waals surface area contributed by atoms with Crippen molar-refractivity contribution in [2.45, 2.75) is 30.9 Å². The van der Waals surface area contributed by atoms with Gasteiger partial charge in [0, 0.05) is 18.0 Å². The maximum absolute atomic E-state index is 12.3. The first-order valence-corrected chi connectivity index (χ1v) is 8.42. The van der Waals surface area contributed by atoms with Crippen LogP contribution in [0.15, 0.2) is 16.3 Å². The Morgan fingerprint density at radius 1 is 1.39 bits per heavy atom. The number of aryl methyl sites for hydroxylation is 1. The molecule has 0 amide bonds. The molecule has 1 fully saturated rings. The number of rotatable bonds is 5. The zero-order valence-electron chi connectivity index (χ0n) is 11.1. The Morgan fingerprint density at radius 3 is 2.78 bits per heavy atom. The molecule has 2 heterocycles. The summed E-state index contributed by atoms with van der Waals surface area (Å²) >= 11 is 1.69. The lowest BCUT2D eigenvalue weighted by Crippen LogP contribution is -2.37. The van der Waals surface area contributed by atoms with Crippen LogP contribution >= 0.6 is 11.3 Å². The third-order valence-electron chi connectivity index (χ3n) is 2.98. The standard InChI is InChI=1S/C13H21NO2S2/c1-11(2)3-4-12-5-6-13(17-12)18(15)14-7-9-16-10-8-14/h5-6,11H,3-4,7-10H2,1-2H3. The first-order valence-electron chi connectivity index (χ1n) is 6.50. The van der Waals surface area contributed by atoms with Crippen LogP contribution in [0.2, 0.25) is 0 Å². The molecule has 18 heavy (non-hydrogen) atoms. The summed E-state index contributed by atoms with van der Waals surface area (Å²) in [5.41, 5.74) is 0. The molecule has 0 radical (unpaired) electrons. The van der Waals surface area contributed by atoms with E-state index in [4.69, 9.17) is 4.74 Å². The fourth-order valence-corrected chi connectivity index (χ4v) is 4.45. The molecule has 0 aliphatic carbocycles. The number of nitrogens with zero attached hydrogens (tertiary/aromatic N) is 1. The molecule has 1 aliphatic heterocycles. The highest BCUT2D eigenvalue weighted by Crippen LogP contribution is 2.24. The van der Waals surface area contributed by atoms with Crippen molar-refractivity contribution in [1.82, 2.24) is 4.31 Å². The molecule has 0 spiro atoms. The Morgan fingerprint density at radius 2 is 2.11 bits per heavy atom. The lowest BCUT2D eigenvalue weighted by atomic mass is 10.1. The third kappa shape index (κ3) is 3.88. The lowest BCUT2D eigenvalue weighted by molar-refractivity contribution is 0.0752. The van der Waals surface area contributed by atoms with Gasteiger partial charge in [-0.1, -0.05) is 13.8 Å². The van der Waals surface area contributed by atoms with E-state index in [2.05, 4.69) is 19.9 Å². The minimum absolute atomic E-state index is 0.692. The van der Waals surface area contributed by atoms with Gasteiger partial charge in [0.25, 0.3) is 0 Å². The third-order valence-corrected chi connectivity index (χ3v) is 5.91. The topological polar surface area (TPSA) is 29.5 Å². The fraction of sp³-hybridized carbons (Fsp3) is 0.692. The second-order valence-electron chi connectivity index (χ2n) is 4.94. The molecule has 1 aromatic heterocycles. The van der Waals surface area contributed by atoms with Gasteiger partial charge < -0.3 is 4.74 Å². The second kappa shape index (κ2) is 6.80. The van der Waals surface area contributed by atoms with E-state index in [1.54, 1.807) is 11.3 Å². The van der Waals surface area contributed by atoms with Crippen molar-refractivity contribution in [3.8, 4) is 0 Å². The van der Waals surface area contributed by atoms with Crippen molar-refractivity contribution in [3.05, 3.63) is 17.0 Å². The van der Waals surface area contributed by atoms with E-state index in [1.165, 1.54) is 11.3 Å². The van der Waals surface area contributed by atoms with E-state index in [0.29, 0.717) is 13.2 Å². The molecule has 1 saturated heterocycles. The lowest BCUT2D eigenvalue weighted by Gasteiger charge is -2.24. The normalized spacial score (nSPS) is 19.3. The summed E-state index contributed by atoms with van der Waals surface area (Å²) in [7, 11) is -0.991. The van der Waals surface area contributed by atoms with E-state index < -0.39 is 11.0 Å². The molecule has 1 aromatic rings. The van der Waals surface area contributed by atoms with Crippen molar-refractivity contribution in [1.29, 1.82) is 0 Å². The van der Waals surface area contributed by atoms with E-state index in [1.807, 2.05) is 10.4 Å². The highest BCUT2D eigenvalue weighted by Gasteiger charge is 2.19. The van der Waals surface area contributed by atoms with Gasteiger partial charge in [-0.25, -0.2) is 8.51 Å². The largest absolute Gasteiger partial charge is 0.379 e. The number of hydrogen-bond acceptors (Lipinski definition) is 3. The van der Waals surface area contributed by atoms with Crippen LogP contribution in [-0.4, -0.2) is 34.8 Å². The Balaban J connectivity index is 1.94. The summed E-state index contributed by atoms with van der Waals surface area (Å²) < 4.78 is 20.6. The molecule has 102 valence electrons. The maximum atomic E-state index is 12.3. The van der Waals surface area contributed by atoms with Crippen LogP contribution in [0.5, 0.6) is 0 Å². The van der Waals surface area contributed by atoms with Crippen molar-refractivity contribution in [2.24, 2.45) is 5.92 Å². The number of thiophene rings is 1. The molecule has 0 aromatic carbocycles. The van der Waals surface area contributed by atoms with Crippen LogP contribution in [0.3, 0.4) is 0 Å². The summed E-state index contributed by atoms with van der Waals surface area (Å²) in [5.74, 6) is 0.722. The maximum Gasteiger partial charge on any atom is 0.138 e. The zero-order valence-corrected chi connectivity index (χ0v) is 12.7. The molecule has 3 nitrogen and oxygen atoms in total. The Labute approximate surface area is 116 Å². The van der Waals surface area contributed by atoms with Crippen LogP contribution in [0.25, 0.3) is 0 Å². The average molecular weight is 287 g/mol. The SMILES string of the molecule is CC(C)CCc1ccc(S(=O)N2CCOCC2)s1. The fourth-order valence-electron chi connectivity index (χ4n) is 1.86. The van der Waals surface area contributed by atoms with Gasteiger partial charge in [-0.15, -0.1) is 11.3 Å². The minimum atomic E-state index is -0.991. The quantitative estimate of drug-likeness (QED) is 0.833. The molecule has 0 bridgehead atoms. The summed E-state index contributed by atoms with van der Waals surface area (Å²) in [6.45, 7) is 7.40. The van der Waals surface area contributed by atoms with Gasteiger partial charge >= 0.3 is 0 Å². The van der Waals surface area contributed by atoms with Crippen molar-refractivity contribution in [3.63, 3.8) is 0 Å². The Kier molecular flexibility index (Phi) is 5.36. The first-order chi connectivity index (χ1) is 8.66. The van der Waals surface area contributed by atoms with Crippen molar-refractivity contribution in [2.75, 3.05) is 26.3 Å². The van der Waals surface area contributed by atoms with Gasteiger partial charge in [-0.3, -0.25) is 0 Å². The van der Waals surface area contributed by atoms with E-state index in [9.17, 15) is 4.21 Å². The zero-order chi connectivity index (χ0) is 13.0. The van der Waals surface area contributed by atoms with Gasteiger partial charge in [0.05, 0.1) is 13.2 Å². The van der Waals surface area contributed by atoms with Gasteiger partial charge in [0.15, 0.2) is 0 Å². The Bertz CT molecular complexity index is 397. The summed E-state index contributed by atoms with van der Waals surface area (Å²) in [6, 6.07) is 4.15. The second-order valence-corrected chi connectivity index (χ2v) is 7.83. The summed E-state index contributed by atoms with van der Waals surface area (Å²) in [5, 5.41) is 0. The smallest absolute Gasteiger partial charge is 0.138 e. The van der Waals surface area contributed by atoms with Crippen molar-refractivity contribution >= 4 is 22.3 Å². The average Bonchev–Trinajstić information content (AvgIpc) is 2.85. The molecule has 0 N–H and O–H groups in total. The predicted molar refractivity (Wildman–Crippen MR) is 76.3 cm³/mol. The number of ether oxygens (including phenoxy) is 1. The van der Waals surface area contributed by atoms with Crippen LogP contribution in [-0.2, 0) is 22.1 Å². The highest BCUT2D eigenvalue weighted by molar-refractivity contribution is 7.85. The Hall–Kier alpha value is -0.230. The molecule has 1 atom stereocenters. The van der Waals surface area contributed by atoms with Crippen LogP contribution in [0, 0.1) is 5.92 Å². The van der Waals surface area contributed by atoms with E-state index in [-0.39, 0.29) is 0 Å². The summed E-state index contributed by atoms with van der Waals surface area (Å²) in [6.07, 6.45) is 2.30. The van der Waals surface area contributed by atoms with Gasteiger partial charge in [0.1, 0.15) is 15.2 Å². The minimum Gasteiger partial charge on any atom is -0.379 e. The molecule has 1 unspecified atom stereocenters. The molecule has 2 rings (SSSR count). The van der Waals surface area contributed by atoms with Gasteiger partial charge in [0.2, 0.25) is 0 Å². The number of hydrogen-bond donors (Lipinski definition) is 0. The molecule has 0 saturated carbocycles. The first kappa shape index (κ1) is 14.2.